The highest BCUT2D eigenvalue weighted by Crippen LogP contribution is 2.26. The number of benzene rings is 1. The standard InChI is InChI=1S/C19H27FN2O5S2/c20-15-5-7-18(8-6-15)29(26,27)21-16-9-12-22(13-10-16)19(23)11-14-28(24,25)17-3-1-2-4-17/h5-8,16-17,21H,1-4,9-14H2. The highest BCUT2D eigenvalue weighted by atomic mass is 32.2. The van der Waals surface area contributed by atoms with Crippen LogP contribution in [0.3, 0.4) is 0 Å². The highest BCUT2D eigenvalue weighted by molar-refractivity contribution is 7.92. The van der Waals surface area contributed by atoms with Gasteiger partial charge in [0.1, 0.15) is 5.82 Å². The van der Waals surface area contributed by atoms with Gasteiger partial charge in [-0.1, -0.05) is 12.8 Å². The maximum Gasteiger partial charge on any atom is 0.240 e. The Kier molecular flexibility index (Phi) is 6.95. The maximum absolute atomic E-state index is 13.0. The fourth-order valence-electron chi connectivity index (χ4n) is 3.95. The van der Waals surface area contributed by atoms with E-state index in [2.05, 4.69) is 4.72 Å². The number of nitrogens with zero attached hydrogens (tertiary/aromatic N) is 1. The molecule has 2 aliphatic rings. The van der Waals surface area contributed by atoms with Gasteiger partial charge in [-0.15, -0.1) is 0 Å². The van der Waals surface area contributed by atoms with Gasteiger partial charge in [0.25, 0.3) is 0 Å². The van der Waals surface area contributed by atoms with Gasteiger partial charge in [-0.25, -0.2) is 25.9 Å². The van der Waals surface area contributed by atoms with Crippen LogP contribution < -0.4 is 4.72 Å². The van der Waals surface area contributed by atoms with Gasteiger partial charge >= 0.3 is 0 Å². The van der Waals surface area contributed by atoms with Crippen molar-refractivity contribution in [1.29, 1.82) is 0 Å². The van der Waals surface area contributed by atoms with Crippen LogP contribution in [0, 0.1) is 5.82 Å². The molecule has 1 aromatic carbocycles. The summed E-state index contributed by atoms with van der Waals surface area (Å²) < 4.78 is 65.0. The van der Waals surface area contributed by atoms with Crippen molar-refractivity contribution >= 4 is 25.8 Å². The highest BCUT2D eigenvalue weighted by Gasteiger charge is 2.31. The number of rotatable bonds is 7. The maximum atomic E-state index is 13.0. The summed E-state index contributed by atoms with van der Waals surface area (Å²) in [7, 11) is -6.98. The molecule has 7 nitrogen and oxygen atoms in total. The number of hydrogen-bond donors (Lipinski definition) is 1. The van der Waals surface area contributed by atoms with Crippen molar-refractivity contribution in [3.63, 3.8) is 0 Å². The smallest absolute Gasteiger partial charge is 0.240 e. The molecule has 162 valence electrons. The summed E-state index contributed by atoms with van der Waals surface area (Å²) >= 11 is 0. The van der Waals surface area contributed by atoms with Gasteiger partial charge in [-0.3, -0.25) is 4.79 Å². The predicted octanol–water partition coefficient (Wildman–Crippen LogP) is 1.84. The average molecular weight is 447 g/mol. The molecular weight excluding hydrogens is 419 g/mol. The van der Waals surface area contributed by atoms with Gasteiger partial charge < -0.3 is 4.90 Å². The average Bonchev–Trinajstić information content (AvgIpc) is 3.23. The summed E-state index contributed by atoms with van der Waals surface area (Å²) in [6.45, 7) is 0.748. The van der Waals surface area contributed by atoms with Crippen LogP contribution in [0.25, 0.3) is 0 Å². The van der Waals surface area contributed by atoms with E-state index in [-0.39, 0.29) is 34.3 Å². The van der Waals surface area contributed by atoms with E-state index in [1.165, 1.54) is 12.1 Å². The summed E-state index contributed by atoms with van der Waals surface area (Å²) in [6.07, 6.45) is 4.11. The minimum atomic E-state index is -3.75. The molecule has 1 aliphatic heterocycles. The van der Waals surface area contributed by atoms with Gasteiger partial charge in [-0.05, 0) is 49.9 Å². The van der Waals surface area contributed by atoms with Gasteiger partial charge in [0.2, 0.25) is 15.9 Å². The van der Waals surface area contributed by atoms with Crippen molar-refractivity contribution in [1.82, 2.24) is 9.62 Å². The minimum absolute atomic E-state index is 0.00507. The number of carbonyl (C=O) groups excluding carboxylic acids is 1. The number of amides is 1. The zero-order chi connectivity index (χ0) is 21.1. The third-order valence-corrected chi connectivity index (χ3v) is 9.50. The molecule has 0 atom stereocenters. The Hall–Kier alpha value is -1.52. The monoisotopic (exact) mass is 446 g/mol. The van der Waals surface area contributed by atoms with E-state index in [0.29, 0.717) is 38.8 Å². The molecule has 0 unspecified atom stereocenters. The lowest BCUT2D eigenvalue weighted by molar-refractivity contribution is -0.131. The number of hydrogen-bond acceptors (Lipinski definition) is 5. The van der Waals surface area contributed by atoms with E-state index < -0.39 is 25.7 Å². The number of carbonyl (C=O) groups is 1. The normalized spacial score (nSPS) is 19.6. The summed E-state index contributed by atoms with van der Waals surface area (Å²) in [4.78, 5) is 14.0. The topological polar surface area (TPSA) is 101 Å². The van der Waals surface area contributed by atoms with Gasteiger partial charge in [-0.2, -0.15) is 0 Å². The third kappa shape index (κ3) is 5.76. The Bertz CT molecular complexity index is 918. The van der Waals surface area contributed by atoms with Crippen LogP contribution in [0.5, 0.6) is 0 Å². The van der Waals surface area contributed by atoms with E-state index in [1.54, 1.807) is 4.90 Å². The van der Waals surface area contributed by atoms with E-state index in [0.717, 1.165) is 25.0 Å². The molecule has 1 heterocycles. The van der Waals surface area contributed by atoms with E-state index in [4.69, 9.17) is 0 Å². The molecule has 1 aromatic rings. The molecule has 1 N–H and O–H groups in total. The molecule has 1 saturated heterocycles. The van der Waals surface area contributed by atoms with Crippen molar-refractivity contribution in [3.8, 4) is 0 Å². The minimum Gasteiger partial charge on any atom is -0.343 e. The molecule has 0 spiro atoms. The largest absolute Gasteiger partial charge is 0.343 e. The summed E-state index contributed by atoms with van der Waals surface area (Å²) in [5, 5.41) is -0.304. The molecule has 1 amide bonds. The molecule has 1 saturated carbocycles. The lowest BCUT2D eigenvalue weighted by atomic mass is 10.1. The fraction of sp³-hybridized carbons (Fsp3) is 0.632. The van der Waals surface area contributed by atoms with Crippen molar-refractivity contribution in [3.05, 3.63) is 30.1 Å². The SMILES string of the molecule is O=C(CCS(=O)(=O)C1CCCC1)N1CCC(NS(=O)(=O)c2ccc(F)cc2)CC1. The van der Waals surface area contributed by atoms with Crippen LogP contribution in [0.1, 0.15) is 44.9 Å². The summed E-state index contributed by atoms with van der Waals surface area (Å²) in [5.74, 6) is -0.828. The first kappa shape index (κ1) is 22.2. The van der Waals surface area contributed by atoms with Crippen molar-refractivity contribution in [2.75, 3.05) is 18.8 Å². The predicted molar refractivity (Wildman–Crippen MR) is 107 cm³/mol. The van der Waals surface area contributed by atoms with Crippen molar-refractivity contribution in [2.24, 2.45) is 0 Å². The van der Waals surface area contributed by atoms with Crippen LogP contribution in [0.2, 0.25) is 0 Å². The number of piperidine rings is 1. The first-order chi connectivity index (χ1) is 13.7. The van der Waals surface area contributed by atoms with E-state index >= 15 is 0 Å². The molecular formula is C19H27FN2O5S2. The Morgan fingerprint density at radius 2 is 1.59 bits per heavy atom. The van der Waals surface area contributed by atoms with E-state index in [9.17, 15) is 26.0 Å². The first-order valence-electron chi connectivity index (χ1n) is 9.95. The zero-order valence-electron chi connectivity index (χ0n) is 16.2. The van der Waals surface area contributed by atoms with Gasteiger partial charge in [0.05, 0.1) is 15.9 Å². The fourth-order valence-corrected chi connectivity index (χ4v) is 7.10. The molecule has 29 heavy (non-hydrogen) atoms. The van der Waals surface area contributed by atoms with E-state index in [1.807, 2.05) is 0 Å². The van der Waals surface area contributed by atoms with Crippen LogP contribution in [-0.2, 0) is 24.7 Å². The molecule has 0 radical (unpaired) electrons. The Morgan fingerprint density at radius 1 is 1.00 bits per heavy atom. The van der Waals surface area contributed by atoms with Crippen LogP contribution in [0.15, 0.2) is 29.2 Å². The molecule has 10 heteroatoms. The van der Waals surface area contributed by atoms with Crippen LogP contribution in [-0.4, -0.2) is 57.8 Å². The molecule has 0 aromatic heterocycles. The number of sulfone groups is 1. The van der Waals surface area contributed by atoms with Crippen molar-refractivity contribution < 1.29 is 26.0 Å². The quantitative estimate of drug-likeness (QED) is 0.689. The molecule has 0 bridgehead atoms. The number of sulfonamides is 1. The van der Waals surface area contributed by atoms with Gasteiger partial charge in [0, 0.05) is 25.6 Å². The zero-order valence-corrected chi connectivity index (χ0v) is 17.9. The second-order valence-corrected chi connectivity index (χ2v) is 11.9. The third-order valence-electron chi connectivity index (χ3n) is 5.70. The molecule has 2 fully saturated rings. The number of halogens is 1. The second-order valence-electron chi connectivity index (χ2n) is 7.75. The lowest BCUT2D eigenvalue weighted by Crippen LogP contribution is -2.46. The first-order valence-corrected chi connectivity index (χ1v) is 13.1. The van der Waals surface area contributed by atoms with Gasteiger partial charge in [0.15, 0.2) is 9.84 Å². The lowest BCUT2D eigenvalue weighted by Gasteiger charge is -2.32. The van der Waals surface area contributed by atoms with Crippen LogP contribution in [0.4, 0.5) is 4.39 Å². The molecule has 1 aliphatic carbocycles. The van der Waals surface area contributed by atoms with Crippen molar-refractivity contribution in [2.45, 2.75) is 61.1 Å². The van der Waals surface area contributed by atoms with Crippen LogP contribution >= 0.6 is 0 Å². The number of nitrogens with one attached hydrogen (secondary N) is 1. The Labute approximate surface area is 171 Å². The second kappa shape index (κ2) is 9.09. The summed E-state index contributed by atoms with van der Waals surface area (Å²) in [6, 6.07) is 4.28. The Balaban J connectivity index is 1.47. The number of likely N-dealkylation sites (tertiary alicyclic amines) is 1. The Morgan fingerprint density at radius 3 is 2.17 bits per heavy atom. The molecule has 3 rings (SSSR count). The summed E-state index contributed by atoms with van der Waals surface area (Å²) in [5.41, 5.74) is 0.